The Balaban J connectivity index is 2.74. The lowest BCUT2D eigenvalue weighted by Crippen LogP contribution is -1.93. The molecule has 0 radical (unpaired) electrons. The van der Waals surface area contributed by atoms with Gasteiger partial charge in [-0.2, -0.15) is 0 Å². The van der Waals surface area contributed by atoms with E-state index in [2.05, 4.69) is 39.8 Å². The minimum atomic E-state index is 0.901. The van der Waals surface area contributed by atoms with E-state index in [0.717, 1.165) is 5.69 Å². The zero-order valence-electron chi connectivity index (χ0n) is 10.2. The van der Waals surface area contributed by atoms with E-state index in [0.29, 0.717) is 0 Å². The summed E-state index contributed by atoms with van der Waals surface area (Å²) in [5.41, 5.74) is 13.4. The van der Waals surface area contributed by atoms with Gasteiger partial charge in [-0.15, -0.1) is 11.3 Å². The maximum atomic E-state index is 6.06. The number of nitrogens with two attached hydrogens (primary N) is 1. The van der Waals surface area contributed by atoms with Gasteiger partial charge in [-0.3, -0.25) is 0 Å². The van der Waals surface area contributed by atoms with Crippen LogP contribution < -0.4 is 5.73 Å². The summed E-state index contributed by atoms with van der Waals surface area (Å²) in [6.45, 7) is 8.58. The summed E-state index contributed by atoms with van der Waals surface area (Å²) in [6, 6.07) is 4.44. The van der Waals surface area contributed by atoms with E-state index in [1.54, 1.807) is 11.3 Å². The smallest absolute Gasteiger partial charge is 0.0505 e. The van der Waals surface area contributed by atoms with Crippen LogP contribution in [-0.4, -0.2) is 0 Å². The van der Waals surface area contributed by atoms with Crippen molar-refractivity contribution in [3.05, 3.63) is 39.1 Å². The van der Waals surface area contributed by atoms with Crippen molar-refractivity contribution in [1.82, 2.24) is 0 Å². The average Bonchev–Trinajstić information content (AvgIpc) is 2.47. The van der Waals surface area contributed by atoms with Crippen LogP contribution in [0.15, 0.2) is 17.5 Å². The molecule has 0 aliphatic rings. The second-order valence-electron chi connectivity index (χ2n) is 4.40. The monoisotopic (exact) mass is 231 g/mol. The number of rotatable bonds is 1. The third kappa shape index (κ3) is 1.74. The third-order valence-corrected chi connectivity index (χ3v) is 3.86. The summed E-state index contributed by atoms with van der Waals surface area (Å²) in [6.07, 6.45) is 0. The largest absolute Gasteiger partial charge is 0.398 e. The van der Waals surface area contributed by atoms with Gasteiger partial charge in [0.2, 0.25) is 0 Å². The lowest BCUT2D eigenvalue weighted by molar-refractivity contribution is 1.32. The van der Waals surface area contributed by atoms with Crippen LogP contribution in [0.1, 0.15) is 21.6 Å². The average molecular weight is 231 g/mol. The van der Waals surface area contributed by atoms with Crippen molar-refractivity contribution in [3.8, 4) is 11.1 Å². The Morgan fingerprint density at radius 3 is 1.94 bits per heavy atom. The van der Waals surface area contributed by atoms with Crippen LogP contribution in [0.5, 0.6) is 0 Å². The molecule has 2 heteroatoms. The van der Waals surface area contributed by atoms with Crippen molar-refractivity contribution in [1.29, 1.82) is 0 Å². The van der Waals surface area contributed by atoms with Gasteiger partial charge in [0.05, 0.1) is 5.69 Å². The van der Waals surface area contributed by atoms with E-state index in [1.807, 2.05) is 5.38 Å². The summed E-state index contributed by atoms with van der Waals surface area (Å²) in [5.74, 6) is 0. The second-order valence-corrected chi connectivity index (χ2v) is 5.48. The SMILES string of the molecule is Cc1cc(C)c(-c2c(N)csc2C)c(C)c1. The number of hydrogen-bond acceptors (Lipinski definition) is 2. The fourth-order valence-electron chi connectivity index (χ4n) is 2.37. The fraction of sp³-hybridized carbons (Fsp3) is 0.286. The van der Waals surface area contributed by atoms with Crippen molar-refractivity contribution in [2.75, 3.05) is 5.73 Å². The minimum Gasteiger partial charge on any atom is -0.398 e. The molecule has 0 saturated heterocycles. The third-order valence-electron chi connectivity index (χ3n) is 2.93. The molecule has 1 heterocycles. The molecule has 1 aromatic heterocycles. The van der Waals surface area contributed by atoms with Gasteiger partial charge in [0.1, 0.15) is 0 Å². The summed E-state index contributed by atoms with van der Waals surface area (Å²) < 4.78 is 0. The van der Waals surface area contributed by atoms with Gasteiger partial charge in [0.15, 0.2) is 0 Å². The number of aryl methyl sites for hydroxylation is 4. The number of thiophene rings is 1. The molecule has 0 fully saturated rings. The summed E-state index contributed by atoms with van der Waals surface area (Å²) in [4.78, 5) is 1.30. The molecule has 0 atom stereocenters. The maximum absolute atomic E-state index is 6.06. The highest BCUT2D eigenvalue weighted by Gasteiger charge is 2.13. The Bertz CT molecular complexity index is 495. The van der Waals surface area contributed by atoms with Crippen molar-refractivity contribution in [2.45, 2.75) is 27.7 Å². The highest BCUT2D eigenvalue weighted by atomic mass is 32.1. The van der Waals surface area contributed by atoms with E-state index in [9.17, 15) is 0 Å². The Kier molecular flexibility index (Phi) is 2.76. The number of nitrogen functional groups attached to an aromatic ring is 1. The predicted molar refractivity (Wildman–Crippen MR) is 73.1 cm³/mol. The molecule has 0 spiro atoms. The molecule has 1 aromatic carbocycles. The Morgan fingerprint density at radius 1 is 0.938 bits per heavy atom. The van der Waals surface area contributed by atoms with Gasteiger partial charge in [-0.1, -0.05) is 17.7 Å². The summed E-state index contributed by atoms with van der Waals surface area (Å²) >= 11 is 1.72. The quantitative estimate of drug-likeness (QED) is 0.781. The number of hydrogen-bond donors (Lipinski definition) is 1. The zero-order chi connectivity index (χ0) is 11.9. The van der Waals surface area contributed by atoms with Crippen molar-refractivity contribution in [3.63, 3.8) is 0 Å². The molecule has 0 amide bonds. The van der Waals surface area contributed by atoms with Crippen LogP contribution in [0.2, 0.25) is 0 Å². The van der Waals surface area contributed by atoms with Gasteiger partial charge in [-0.05, 0) is 44.4 Å². The van der Waals surface area contributed by atoms with Crippen LogP contribution >= 0.6 is 11.3 Å². The first-order valence-electron chi connectivity index (χ1n) is 5.42. The molecule has 0 bridgehead atoms. The summed E-state index contributed by atoms with van der Waals surface area (Å²) in [5, 5.41) is 2.03. The van der Waals surface area contributed by atoms with E-state index in [-0.39, 0.29) is 0 Å². The Morgan fingerprint density at radius 2 is 1.50 bits per heavy atom. The molecule has 2 aromatic rings. The topological polar surface area (TPSA) is 26.0 Å². The van der Waals surface area contributed by atoms with Crippen LogP contribution in [0, 0.1) is 27.7 Å². The maximum Gasteiger partial charge on any atom is 0.0505 e. The normalized spacial score (nSPS) is 10.8. The first kappa shape index (κ1) is 11.2. The van der Waals surface area contributed by atoms with Gasteiger partial charge in [-0.25, -0.2) is 0 Å². The standard InChI is InChI=1S/C14H17NS/c1-8-5-9(2)13(10(3)6-8)14-11(4)16-7-12(14)15/h5-7H,15H2,1-4H3. The summed E-state index contributed by atoms with van der Waals surface area (Å²) in [7, 11) is 0. The van der Waals surface area contributed by atoms with Crippen LogP contribution in [0.4, 0.5) is 5.69 Å². The van der Waals surface area contributed by atoms with Crippen molar-refractivity contribution >= 4 is 17.0 Å². The fourth-order valence-corrected chi connectivity index (χ4v) is 3.13. The predicted octanol–water partition coefficient (Wildman–Crippen LogP) is 4.23. The van der Waals surface area contributed by atoms with Gasteiger partial charge >= 0.3 is 0 Å². The first-order chi connectivity index (χ1) is 7.50. The Hall–Kier alpha value is -1.28. The minimum absolute atomic E-state index is 0.901. The molecule has 0 aliphatic heterocycles. The molecule has 2 N–H and O–H groups in total. The number of anilines is 1. The molecule has 0 saturated carbocycles. The molecule has 0 aliphatic carbocycles. The number of benzene rings is 1. The highest BCUT2D eigenvalue weighted by molar-refractivity contribution is 7.11. The molecular formula is C14H17NS. The molecule has 0 unspecified atom stereocenters. The molecular weight excluding hydrogens is 214 g/mol. The van der Waals surface area contributed by atoms with E-state index >= 15 is 0 Å². The van der Waals surface area contributed by atoms with Crippen LogP contribution in [-0.2, 0) is 0 Å². The van der Waals surface area contributed by atoms with Crippen LogP contribution in [0.3, 0.4) is 0 Å². The van der Waals surface area contributed by atoms with Gasteiger partial charge in [0.25, 0.3) is 0 Å². The zero-order valence-corrected chi connectivity index (χ0v) is 11.0. The molecule has 16 heavy (non-hydrogen) atoms. The Labute approximate surface area is 101 Å². The van der Waals surface area contributed by atoms with E-state index in [4.69, 9.17) is 5.73 Å². The lowest BCUT2D eigenvalue weighted by atomic mass is 9.93. The molecule has 84 valence electrons. The second kappa shape index (κ2) is 3.95. The molecule has 2 rings (SSSR count). The van der Waals surface area contributed by atoms with Crippen molar-refractivity contribution < 1.29 is 0 Å². The highest BCUT2D eigenvalue weighted by Crippen LogP contribution is 2.38. The van der Waals surface area contributed by atoms with Crippen molar-refractivity contribution in [2.24, 2.45) is 0 Å². The molecule has 1 nitrogen and oxygen atoms in total. The van der Waals surface area contributed by atoms with E-state index < -0.39 is 0 Å². The van der Waals surface area contributed by atoms with Gasteiger partial charge < -0.3 is 5.73 Å². The van der Waals surface area contributed by atoms with Crippen LogP contribution in [0.25, 0.3) is 11.1 Å². The lowest BCUT2D eigenvalue weighted by Gasteiger charge is -2.12. The first-order valence-corrected chi connectivity index (χ1v) is 6.30. The van der Waals surface area contributed by atoms with E-state index in [1.165, 1.54) is 32.7 Å². The van der Waals surface area contributed by atoms with Gasteiger partial charge in [0, 0.05) is 15.8 Å².